The lowest BCUT2D eigenvalue weighted by Crippen LogP contribution is -2.40. The first-order valence-electron chi connectivity index (χ1n) is 5.29. The number of anilines is 1. The number of carbonyl (C=O) groups excluding carboxylic acids is 3. The first-order valence-corrected chi connectivity index (χ1v) is 5.66. The van der Waals surface area contributed by atoms with Gasteiger partial charge in [0.25, 0.3) is 5.91 Å². The molecule has 0 saturated heterocycles. The quantitative estimate of drug-likeness (QED) is 0.637. The number of urea groups is 1. The molecule has 7 nitrogen and oxygen atoms in total. The molecule has 19 heavy (non-hydrogen) atoms. The van der Waals surface area contributed by atoms with E-state index < -0.39 is 17.8 Å². The highest BCUT2D eigenvalue weighted by Gasteiger charge is 2.11. The maximum atomic E-state index is 11.4. The van der Waals surface area contributed by atoms with E-state index in [0.29, 0.717) is 10.7 Å². The van der Waals surface area contributed by atoms with Crippen LogP contribution in [0.1, 0.15) is 10.4 Å². The Morgan fingerprint density at radius 1 is 1.32 bits per heavy atom. The highest BCUT2D eigenvalue weighted by atomic mass is 35.5. The molecule has 0 aromatic heterocycles. The van der Waals surface area contributed by atoms with Crippen LogP contribution in [0, 0.1) is 0 Å². The number of primary amides is 1. The van der Waals surface area contributed by atoms with Crippen molar-refractivity contribution in [2.45, 2.75) is 0 Å². The summed E-state index contributed by atoms with van der Waals surface area (Å²) in [5.74, 6) is -1.22. The second kappa shape index (κ2) is 6.60. The van der Waals surface area contributed by atoms with E-state index in [4.69, 9.17) is 17.3 Å². The molecule has 102 valence electrons. The molecule has 0 aliphatic rings. The summed E-state index contributed by atoms with van der Waals surface area (Å²) in [6.45, 7) is -0.185. The van der Waals surface area contributed by atoms with Crippen LogP contribution in [0.4, 0.5) is 10.5 Å². The Morgan fingerprint density at radius 2 is 2.00 bits per heavy atom. The zero-order valence-electron chi connectivity index (χ0n) is 10.1. The molecular formula is C11H13ClN4O3. The average molecular weight is 285 g/mol. The van der Waals surface area contributed by atoms with Crippen molar-refractivity contribution in [1.29, 1.82) is 0 Å². The standard InChI is InChI=1S/C11H13ClN4O3/c1-14-11(19)16-9(17)5-15-8-3-2-6(12)4-7(8)10(13)18/h2-4,15H,5H2,1H3,(H2,13,18)(H2,14,16,17,19). The van der Waals surface area contributed by atoms with Crippen molar-refractivity contribution in [3.8, 4) is 0 Å². The lowest BCUT2D eigenvalue weighted by molar-refractivity contribution is -0.118. The second-order valence-electron chi connectivity index (χ2n) is 3.54. The largest absolute Gasteiger partial charge is 0.375 e. The predicted molar refractivity (Wildman–Crippen MR) is 71.1 cm³/mol. The van der Waals surface area contributed by atoms with Crippen LogP contribution < -0.4 is 21.7 Å². The molecule has 0 aliphatic carbocycles. The van der Waals surface area contributed by atoms with Gasteiger partial charge in [0, 0.05) is 17.8 Å². The lowest BCUT2D eigenvalue weighted by atomic mass is 10.1. The van der Waals surface area contributed by atoms with Gasteiger partial charge in [-0.3, -0.25) is 14.9 Å². The van der Waals surface area contributed by atoms with Gasteiger partial charge in [0.1, 0.15) is 0 Å². The number of nitrogens with one attached hydrogen (secondary N) is 3. The van der Waals surface area contributed by atoms with Crippen molar-refractivity contribution in [2.75, 3.05) is 18.9 Å². The predicted octanol–water partition coefficient (Wildman–Crippen LogP) is 0.306. The molecule has 1 aromatic rings. The fourth-order valence-electron chi connectivity index (χ4n) is 1.28. The maximum absolute atomic E-state index is 11.4. The van der Waals surface area contributed by atoms with E-state index in [1.165, 1.54) is 19.2 Å². The minimum atomic E-state index is -0.670. The number of nitrogens with two attached hydrogens (primary N) is 1. The van der Waals surface area contributed by atoms with Crippen LogP contribution in [-0.4, -0.2) is 31.4 Å². The molecule has 0 radical (unpaired) electrons. The number of imide groups is 1. The van der Waals surface area contributed by atoms with Gasteiger partial charge in [-0.15, -0.1) is 0 Å². The summed E-state index contributed by atoms with van der Waals surface area (Å²) < 4.78 is 0. The molecule has 0 bridgehead atoms. The monoisotopic (exact) mass is 284 g/mol. The number of benzene rings is 1. The molecule has 1 aromatic carbocycles. The molecule has 1 rings (SSSR count). The van der Waals surface area contributed by atoms with Gasteiger partial charge in [-0.25, -0.2) is 4.79 Å². The van der Waals surface area contributed by atoms with E-state index in [0.717, 1.165) is 0 Å². The van der Waals surface area contributed by atoms with Crippen LogP contribution in [0.25, 0.3) is 0 Å². The van der Waals surface area contributed by atoms with E-state index in [-0.39, 0.29) is 12.1 Å². The van der Waals surface area contributed by atoms with Gasteiger partial charge >= 0.3 is 6.03 Å². The number of halogens is 1. The van der Waals surface area contributed by atoms with Crippen LogP contribution in [0.2, 0.25) is 5.02 Å². The van der Waals surface area contributed by atoms with Gasteiger partial charge < -0.3 is 16.4 Å². The summed E-state index contributed by atoms with van der Waals surface area (Å²) in [6.07, 6.45) is 0. The van der Waals surface area contributed by atoms with Crippen molar-refractivity contribution in [3.05, 3.63) is 28.8 Å². The van der Waals surface area contributed by atoms with Crippen LogP contribution in [0.5, 0.6) is 0 Å². The molecule has 0 fully saturated rings. The summed E-state index contributed by atoms with van der Waals surface area (Å²) in [7, 11) is 1.39. The van der Waals surface area contributed by atoms with Gasteiger partial charge in [0.2, 0.25) is 5.91 Å². The fraction of sp³-hybridized carbons (Fsp3) is 0.182. The van der Waals surface area contributed by atoms with Gasteiger partial charge in [0.15, 0.2) is 0 Å². The third-order valence-electron chi connectivity index (χ3n) is 2.17. The molecule has 5 N–H and O–H groups in total. The molecule has 0 spiro atoms. The summed E-state index contributed by atoms with van der Waals surface area (Å²) in [5.41, 5.74) is 5.72. The number of hydrogen-bond acceptors (Lipinski definition) is 4. The first kappa shape index (κ1) is 14.8. The van der Waals surface area contributed by atoms with Gasteiger partial charge in [-0.2, -0.15) is 0 Å². The first-order chi connectivity index (χ1) is 8.93. The Hall–Kier alpha value is -2.28. The van der Waals surface area contributed by atoms with E-state index in [2.05, 4.69) is 16.0 Å². The highest BCUT2D eigenvalue weighted by molar-refractivity contribution is 6.31. The fourth-order valence-corrected chi connectivity index (χ4v) is 1.46. The molecule has 0 unspecified atom stereocenters. The zero-order valence-corrected chi connectivity index (χ0v) is 10.9. The molecule has 4 amide bonds. The highest BCUT2D eigenvalue weighted by Crippen LogP contribution is 2.19. The summed E-state index contributed by atoms with van der Waals surface area (Å²) >= 11 is 5.74. The third kappa shape index (κ3) is 4.47. The SMILES string of the molecule is CNC(=O)NC(=O)CNc1ccc(Cl)cc1C(N)=O. The van der Waals surface area contributed by atoms with Gasteiger partial charge in [0.05, 0.1) is 12.1 Å². The zero-order chi connectivity index (χ0) is 14.4. The van der Waals surface area contributed by atoms with E-state index >= 15 is 0 Å². The van der Waals surface area contributed by atoms with Crippen LogP contribution in [-0.2, 0) is 4.79 Å². The molecular weight excluding hydrogens is 272 g/mol. The summed E-state index contributed by atoms with van der Waals surface area (Å²) in [5, 5.41) is 7.36. The van der Waals surface area contributed by atoms with Crippen LogP contribution in [0.3, 0.4) is 0 Å². The molecule has 0 aliphatic heterocycles. The van der Waals surface area contributed by atoms with Crippen molar-refractivity contribution >= 4 is 35.1 Å². The molecule has 0 saturated carbocycles. The smallest absolute Gasteiger partial charge is 0.321 e. The maximum Gasteiger partial charge on any atom is 0.321 e. The van der Waals surface area contributed by atoms with Crippen LogP contribution in [0.15, 0.2) is 18.2 Å². The molecule has 0 atom stereocenters. The Morgan fingerprint density at radius 3 is 2.58 bits per heavy atom. The number of rotatable bonds is 4. The minimum absolute atomic E-state index is 0.167. The van der Waals surface area contributed by atoms with Gasteiger partial charge in [-0.05, 0) is 18.2 Å². The minimum Gasteiger partial charge on any atom is -0.375 e. The molecule has 8 heteroatoms. The summed E-state index contributed by atoms with van der Waals surface area (Å²) in [6, 6.07) is 3.85. The Kier molecular flexibility index (Phi) is 5.13. The van der Waals surface area contributed by atoms with E-state index in [9.17, 15) is 14.4 Å². The van der Waals surface area contributed by atoms with Crippen molar-refractivity contribution < 1.29 is 14.4 Å². The number of amides is 4. The second-order valence-corrected chi connectivity index (χ2v) is 3.97. The Labute approximate surface area is 114 Å². The van der Waals surface area contributed by atoms with E-state index in [1.807, 2.05) is 0 Å². The van der Waals surface area contributed by atoms with Crippen molar-refractivity contribution in [3.63, 3.8) is 0 Å². The van der Waals surface area contributed by atoms with Crippen molar-refractivity contribution in [2.24, 2.45) is 5.73 Å². The van der Waals surface area contributed by atoms with Crippen LogP contribution >= 0.6 is 11.6 Å². The summed E-state index contributed by atoms with van der Waals surface area (Å²) in [4.78, 5) is 33.4. The Balaban J connectivity index is 2.70. The van der Waals surface area contributed by atoms with E-state index in [1.54, 1.807) is 6.07 Å². The number of hydrogen-bond donors (Lipinski definition) is 4. The number of carbonyl (C=O) groups is 3. The lowest BCUT2D eigenvalue weighted by Gasteiger charge is -2.10. The molecule has 0 heterocycles. The Bertz CT molecular complexity index is 519. The average Bonchev–Trinajstić information content (AvgIpc) is 2.36. The van der Waals surface area contributed by atoms with Gasteiger partial charge in [-0.1, -0.05) is 11.6 Å². The third-order valence-corrected chi connectivity index (χ3v) is 2.40. The van der Waals surface area contributed by atoms with Crippen molar-refractivity contribution in [1.82, 2.24) is 10.6 Å². The normalized spacial score (nSPS) is 9.58. The topological polar surface area (TPSA) is 113 Å².